The van der Waals surface area contributed by atoms with Crippen LogP contribution < -0.4 is 20.7 Å². The molecule has 178 valence electrons. The SMILES string of the molecule is C#CC(C)NC(=O)c1ccccc1CNc1nc(O[C@@H]2CCCNC2)nc2c(C(C)C)cnn12. The van der Waals surface area contributed by atoms with E-state index in [4.69, 9.17) is 11.2 Å². The number of terminal acetylenes is 1. The minimum atomic E-state index is -0.359. The van der Waals surface area contributed by atoms with Crippen LogP contribution in [0.25, 0.3) is 5.65 Å². The lowest BCUT2D eigenvalue weighted by Gasteiger charge is -2.23. The highest BCUT2D eigenvalue weighted by Crippen LogP contribution is 2.24. The highest BCUT2D eigenvalue weighted by Gasteiger charge is 2.20. The van der Waals surface area contributed by atoms with Crippen molar-refractivity contribution in [2.75, 3.05) is 18.4 Å². The predicted octanol–water partition coefficient (Wildman–Crippen LogP) is 2.74. The second kappa shape index (κ2) is 10.5. The molecule has 1 aromatic carbocycles. The van der Waals surface area contributed by atoms with Crippen LogP contribution in [0.15, 0.2) is 30.5 Å². The van der Waals surface area contributed by atoms with E-state index in [2.05, 4.69) is 50.8 Å². The minimum absolute atomic E-state index is 0.0250. The van der Waals surface area contributed by atoms with Crippen molar-refractivity contribution in [1.29, 1.82) is 0 Å². The maximum atomic E-state index is 12.7. The first kappa shape index (κ1) is 23.5. The molecule has 1 aliphatic rings. The van der Waals surface area contributed by atoms with Gasteiger partial charge in [0.05, 0.1) is 12.2 Å². The van der Waals surface area contributed by atoms with Gasteiger partial charge < -0.3 is 20.7 Å². The van der Waals surface area contributed by atoms with Crippen molar-refractivity contribution in [3.8, 4) is 18.4 Å². The van der Waals surface area contributed by atoms with Crippen molar-refractivity contribution >= 4 is 17.5 Å². The van der Waals surface area contributed by atoms with Crippen LogP contribution in [-0.4, -0.2) is 50.7 Å². The van der Waals surface area contributed by atoms with Gasteiger partial charge in [0.25, 0.3) is 5.91 Å². The Morgan fingerprint density at radius 3 is 2.88 bits per heavy atom. The van der Waals surface area contributed by atoms with Crippen LogP contribution in [-0.2, 0) is 6.54 Å². The topological polar surface area (TPSA) is 105 Å². The van der Waals surface area contributed by atoms with Crippen LogP contribution >= 0.6 is 0 Å². The number of rotatable bonds is 8. The zero-order valence-corrected chi connectivity index (χ0v) is 19.8. The summed E-state index contributed by atoms with van der Waals surface area (Å²) < 4.78 is 7.81. The number of fused-ring (bicyclic) bond motifs is 1. The Kier molecular flexibility index (Phi) is 7.28. The van der Waals surface area contributed by atoms with Crippen LogP contribution in [0.1, 0.15) is 61.0 Å². The van der Waals surface area contributed by atoms with Gasteiger partial charge in [0, 0.05) is 24.2 Å². The first-order valence-corrected chi connectivity index (χ1v) is 11.7. The largest absolute Gasteiger partial charge is 0.459 e. The summed E-state index contributed by atoms with van der Waals surface area (Å²) in [6, 6.07) is 7.36. The summed E-state index contributed by atoms with van der Waals surface area (Å²) in [5.74, 6) is 3.05. The summed E-state index contributed by atoms with van der Waals surface area (Å²) in [7, 11) is 0. The van der Waals surface area contributed by atoms with Gasteiger partial charge in [0.1, 0.15) is 6.10 Å². The smallest absolute Gasteiger partial charge is 0.322 e. The fourth-order valence-electron chi connectivity index (χ4n) is 3.91. The van der Waals surface area contributed by atoms with E-state index in [0.717, 1.165) is 37.1 Å². The van der Waals surface area contributed by atoms with Crippen molar-refractivity contribution in [2.45, 2.75) is 58.2 Å². The normalized spacial score (nSPS) is 16.7. The first-order chi connectivity index (χ1) is 16.5. The number of benzene rings is 1. The molecule has 3 N–H and O–H groups in total. The van der Waals surface area contributed by atoms with Gasteiger partial charge in [-0.1, -0.05) is 38.0 Å². The maximum Gasteiger partial charge on any atom is 0.322 e. The Morgan fingerprint density at radius 2 is 2.15 bits per heavy atom. The van der Waals surface area contributed by atoms with Gasteiger partial charge in [0.15, 0.2) is 5.65 Å². The average Bonchev–Trinajstić information content (AvgIpc) is 3.27. The van der Waals surface area contributed by atoms with E-state index in [9.17, 15) is 4.79 Å². The fourth-order valence-corrected chi connectivity index (χ4v) is 3.91. The molecule has 0 bridgehead atoms. The highest BCUT2D eigenvalue weighted by molar-refractivity contribution is 5.96. The Labute approximate surface area is 199 Å². The van der Waals surface area contributed by atoms with E-state index >= 15 is 0 Å². The third kappa shape index (κ3) is 5.29. The number of nitrogens with zero attached hydrogens (tertiary/aromatic N) is 4. The summed E-state index contributed by atoms with van der Waals surface area (Å²) in [6.45, 7) is 8.10. The summed E-state index contributed by atoms with van der Waals surface area (Å²) >= 11 is 0. The lowest BCUT2D eigenvalue weighted by molar-refractivity contribution is 0.0947. The van der Waals surface area contributed by atoms with Crippen LogP contribution in [0, 0.1) is 12.3 Å². The zero-order valence-electron chi connectivity index (χ0n) is 19.8. The van der Waals surface area contributed by atoms with Gasteiger partial charge in [0.2, 0.25) is 5.95 Å². The Morgan fingerprint density at radius 1 is 1.32 bits per heavy atom. The summed E-state index contributed by atoms with van der Waals surface area (Å²) in [5, 5.41) is 14.0. The molecule has 2 atom stereocenters. The molecule has 0 aliphatic carbocycles. The molecule has 1 saturated heterocycles. The molecule has 9 heteroatoms. The average molecular weight is 462 g/mol. The molecule has 1 amide bonds. The third-order valence-electron chi connectivity index (χ3n) is 5.82. The van der Waals surface area contributed by atoms with Gasteiger partial charge in [-0.3, -0.25) is 4.79 Å². The lowest BCUT2D eigenvalue weighted by Crippen LogP contribution is -2.37. The molecule has 9 nitrogen and oxygen atoms in total. The van der Waals surface area contributed by atoms with Gasteiger partial charge in [-0.15, -0.1) is 6.42 Å². The quantitative estimate of drug-likeness (QED) is 0.443. The Hall–Kier alpha value is -3.64. The summed E-state index contributed by atoms with van der Waals surface area (Å²) in [5.41, 5.74) is 3.09. The van der Waals surface area contributed by atoms with E-state index in [0.29, 0.717) is 29.7 Å². The van der Waals surface area contributed by atoms with Gasteiger partial charge in [-0.25, -0.2) is 0 Å². The van der Waals surface area contributed by atoms with E-state index in [1.165, 1.54) is 0 Å². The molecule has 0 saturated carbocycles. The van der Waals surface area contributed by atoms with Crippen molar-refractivity contribution in [1.82, 2.24) is 30.2 Å². The molecule has 3 aromatic rings. The monoisotopic (exact) mass is 461 g/mol. The number of hydrogen-bond acceptors (Lipinski definition) is 7. The second-order valence-corrected chi connectivity index (χ2v) is 8.78. The number of anilines is 1. The van der Waals surface area contributed by atoms with E-state index < -0.39 is 0 Å². The Balaban J connectivity index is 1.62. The molecular formula is C25H31N7O2. The molecule has 1 unspecified atom stereocenters. The molecule has 1 fully saturated rings. The standard InChI is InChI=1S/C25H31N7O2/c1-5-17(4)29-23(33)20-11-7-6-9-18(20)13-27-24-31-25(34-19-10-8-12-26-14-19)30-22-21(16(2)3)15-28-32(22)24/h1,6-7,9,11,15-17,19,26H,8,10,12-14H2,2-4H3,(H,29,33)(H,27,30,31)/t17?,19-/m1/s1. The van der Waals surface area contributed by atoms with Crippen LogP contribution in [0.2, 0.25) is 0 Å². The molecular weight excluding hydrogens is 430 g/mol. The number of ether oxygens (including phenoxy) is 1. The highest BCUT2D eigenvalue weighted by atomic mass is 16.5. The van der Waals surface area contributed by atoms with Gasteiger partial charge >= 0.3 is 6.01 Å². The van der Waals surface area contributed by atoms with E-state index in [-0.39, 0.29) is 24.0 Å². The molecule has 34 heavy (non-hydrogen) atoms. The molecule has 1 aliphatic heterocycles. The number of aromatic nitrogens is 4. The minimum Gasteiger partial charge on any atom is -0.459 e. The lowest BCUT2D eigenvalue weighted by atomic mass is 10.1. The second-order valence-electron chi connectivity index (χ2n) is 8.78. The summed E-state index contributed by atoms with van der Waals surface area (Å²) in [6.07, 6.45) is 9.26. The molecule has 0 spiro atoms. The molecule has 4 rings (SSSR count). The number of carbonyl (C=O) groups is 1. The predicted molar refractivity (Wildman–Crippen MR) is 131 cm³/mol. The number of amides is 1. The van der Waals surface area contributed by atoms with Crippen LogP contribution in [0.4, 0.5) is 5.95 Å². The van der Waals surface area contributed by atoms with Gasteiger partial charge in [-0.05, 0) is 43.9 Å². The van der Waals surface area contributed by atoms with E-state index in [1.807, 2.05) is 24.4 Å². The van der Waals surface area contributed by atoms with Gasteiger partial charge in [-0.2, -0.15) is 19.6 Å². The molecule has 0 radical (unpaired) electrons. The van der Waals surface area contributed by atoms with Crippen molar-refractivity contribution < 1.29 is 9.53 Å². The van der Waals surface area contributed by atoms with Crippen molar-refractivity contribution in [3.05, 3.63) is 47.2 Å². The molecule has 2 aromatic heterocycles. The van der Waals surface area contributed by atoms with Crippen LogP contribution in [0.3, 0.4) is 0 Å². The zero-order chi connectivity index (χ0) is 24.1. The van der Waals surface area contributed by atoms with Crippen LogP contribution in [0.5, 0.6) is 6.01 Å². The maximum absolute atomic E-state index is 12.7. The fraction of sp³-hybridized carbons (Fsp3) is 0.440. The molecule has 3 heterocycles. The first-order valence-electron chi connectivity index (χ1n) is 11.7. The van der Waals surface area contributed by atoms with Crippen molar-refractivity contribution in [3.63, 3.8) is 0 Å². The summed E-state index contributed by atoms with van der Waals surface area (Å²) in [4.78, 5) is 22.0. The third-order valence-corrected chi connectivity index (χ3v) is 5.82. The Bertz CT molecular complexity index is 1190. The number of hydrogen-bond donors (Lipinski definition) is 3. The number of carbonyl (C=O) groups excluding carboxylic acids is 1. The van der Waals surface area contributed by atoms with Crippen molar-refractivity contribution in [2.24, 2.45) is 0 Å². The number of piperidine rings is 1. The number of nitrogens with one attached hydrogen (secondary N) is 3. The van der Waals surface area contributed by atoms with E-state index in [1.54, 1.807) is 17.5 Å².